The van der Waals surface area contributed by atoms with E-state index in [4.69, 9.17) is 23.2 Å². The highest BCUT2D eigenvalue weighted by atomic mass is 35.5. The summed E-state index contributed by atoms with van der Waals surface area (Å²) in [5.74, 6) is 0.815. The summed E-state index contributed by atoms with van der Waals surface area (Å²) in [6.45, 7) is 2.07. The van der Waals surface area contributed by atoms with Crippen LogP contribution in [0.3, 0.4) is 0 Å². The van der Waals surface area contributed by atoms with Crippen LogP contribution in [0.2, 0.25) is 10.0 Å². The van der Waals surface area contributed by atoms with Crippen molar-refractivity contribution in [2.45, 2.75) is 21.4 Å². The van der Waals surface area contributed by atoms with Gasteiger partial charge >= 0.3 is 0 Å². The molecule has 0 bridgehead atoms. The van der Waals surface area contributed by atoms with Crippen molar-refractivity contribution in [3.8, 4) is 0 Å². The highest BCUT2D eigenvalue weighted by Gasteiger charge is 2.08. The molecule has 0 radical (unpaired) electrons. The first kappa shape index (κ1) is 22.1. The van der Waals surface area contributed by atoms with Gasteiger partial charge in [-0.1, -0.05) is 94.0 Å². The highest BCUT2D eigenvalue weighted by Crippen LogP contribution is 2.30. The van der Waals surface area contributed by atoms with E-state index in [0.717, 1.165) is 20.0 Å². The Morgan fingerprint density at radius 1 is 1.10 bits per heavy atom. The third-order valence-corrected chi connectivity index (χ3v) is 7.54. The van der Waals surface area contributed by atoms with Crippen LogP contribution in [0.1, 0.15) is 16.7 Å². The van der Waals surface area contributed by atoms with Gasteiger partial charge < -0.3 is 0 Å². The number of thioether (sulfide) groups is 2. The van der Waals surface area contributed by atoms with Crippen molar-refractivity contribution in [2.75, 3.05) is 5.75 Å². The van der Waals surface area contributed by atoms with Crippen molar-refractivity contribution in [1.82, 2.24) is 15.6 Å². The summed E-state index contributed by atoms with van der Waals surface area (Å²) in [5.41, 5.74) is 5.70. The molecule has 0 saturated heterocycles. The van der Waals surface area contributed by atoms with Crippen molar-refractivity contribution in [3.63, 3.8) is 0 Å². The molecule has 10 heteroatoms. The quantitative estimate of drug-likeness (QED) is 0.253. The van der Waals surface area contributed by atoms with E-state index in [1.54, 1.807) is 30.0 Å². The number of aryl methyl sites for hydroxylation is 1. The first-order valence-corrected chi connectivity index (χ1v) is 12.0. The maximum absolute atomic E-state index is 11.9. The molecule has 1 amide bonds. The Kier molecular flexibility index (Phi) is 8.38. The zero-order valence-electron chi connectivity index (χ0n) is 15.3. The van der Waals surface area contributed by atoms with Gasteiger partial charge in [-0.3, -0.25) is 4.79 Å². The van der Waals surface area contributed by atoms with Gasteiger partial charge in [0.25, 0.3) is 5.91 Å². The maximum Gasteiger partial charge on any atom is 0.250 e. The molecule has 0 saturated carbocycles. The summed E-state index contributed by atoms with van der Waals surface area (Å²) in [4.78, 5) is 11.9. The fourth-order valence-corrected chi connectivity index (χ4v) is 5.15. The molecule has 0 unspecified atom stereocenters. The molecule has 0 aliphatic heterocycles. The molecule has 2 aromatic carbocycles. The number of hydrazone groups is 1. The number of aromatic nitrogens is 2. The maximum atomic E-state index is 11.9. The third kappa shape index (κ3) is 7.31. The molecule has 0 atom stereocenters. The van der Waals surface area contributed by atoms with Crippen LogP contribution >= 0.6 is 58.1 Å². The van der Waals surface area contributed by atoms with Crippen molar-refractivity contribution in [2.24, 2.45) is 5.10 Å². The van der Waals surface area contributed by atoms with Gasteiger partial charge in [0.15, 0.2) is 8.68 Å². The van der Waals surface area contributed by atoms with Crippen molar-refractivity contribution in [1.29, 1.82) is 0 Å². The molecule has 1 N–H and O–H groups in total. The van der Waals surface area contributed by atoms with Gasteiger partial charge in [-0.2, -0.15) is 5.10 Å². The summed E-state index contributed by atoms with van der Waals surface area (Å²) in [5, 5.41) is 13.1. The third-order valence-electron chi connectivity index (χ3n) is 3.54. The van der Waals surface area contributed by atoms with Crippen LogP contribution in [0, 0.1) is 6.92 Å². The summed E-state index contributed by atoms with van der Waals surface area (Å²) >= 11 is 16.2. The highest BCUT2D eigenvalue weighted by molar-refractivity contribution is 8.03. The van der Waals surface area contributed by atoms with Crippen molar-refractivity contribution in [3.05, 3.63) is 69.2 Å². The summed E-state index contributed by atoms with van der Waals surface area (Å²) in [6.07, 6.45) is 1.51. The predicted molar refractivity (Wildman–Crippen MR) is 124 cm³/mol. The van der Waals surface area contributed by atoms with Crippen molar-refractivity contribution >= 4 is 70.2 Å². The van der Waals surface area contributed by atoms with E-state index in [2.05, 4.69) is 51.9 Å². The Bertz CT molecular complexity index is 1010. The average Bonchev–Trinajstić information content (AvgIpc) is 3.17. The zero-order valence-corrected chi connectivity index (χ0v) is 19.2. The SMILES string of the molecule is Cc1ccc(CSc2nnc(SCC(=O)N/N=C/c3ccc(Cl)c(Cl)c3)s2)cc1. The Labute approximate surface area is 191 Å². The van der Waals surface area contributed by atoms with E-state index in [0.29, 0.717) is 10.0 Å². The van der Waals surface area contributed by atoms with Gasteiger partial charge in [-0.15, -0.1) is 10.2 Å². The first-order valence-electron chi connectivity index (χ1n) is 8.41. The number of carbonyl (C=O) groups is 1. The Balaban J connectivity index is 1.41. The molecular formula is C19H16Cl2N4OS3. The Hall–Kier alpha value is -1.58. The van der Waals surface area contributed by atoms with E-state index >= 15 is 0 Å². The lowest BCUT2D eigenvalue weighted by atomic mass is 10.2. The lowest BCUT2D eigenvalue weighted by Crippen LogP contribution is -2.19. The second-order valence-electron chi connectivity index (χ2n) is 5.86. The second-order valence-corrected chi connectivity index (χ2v) is 10.1. The number of halogens is 2. The summed E-state index contributed by atoms with van der Waals surface area (Å²) in [7, 11) is 0. The minimum absolute atomic E-state index is 0.204. The predicted octanol–water partition coefficient (Wildman–Crippen LogP) is 5.69. The van der Waals surface area contributed by atoms with Crippen LogP contribution in [0.25, 0.3) is 0 Å². The van der Waals surface area contributed by atoms with Gasteiger partial charge in [0, 0.05) is 5.75 Å². The number of rotatable bonds is 8. The van der Waals surface area contributed by atoms with Crippen LogP contribution in [-0.4, -0.2) is 28.1 Å². The smallest absolute Gasteiger partial charge is 0.250 e. The van der Waals surface area contributed by atoms with E-state index in [-0.39, 0.29) is 11.7 Å². The number of nitrogens with zero attached hydrogens (tertiary/aromatic N) is 3. The largest absolute Gasteiger partial charge is 0.272 e. The molecule has 0 fully saturated rings. The average molecular weight is 483 g/mol. The minimum atomic E-state index is -0.227. The molecule has 1 aromatic heterocycles. The number of benzene rings is 2. The molecular weight excluding hydrogens is 467 g/mol. The first-order chi connectivity index (χ1) is 14.0. The summed E-state index contributed by atoms with van der Waals surface area (Å²) < 4.78 is 1.63. The van der Waals surface area contributed by atoms with E-state index < -0.39 is 0 Å². The number of hydrogen-bond donors (Lipinski definition) is 1. The zero-order chi connectivity index (χ0) is 20.6. The van der Waals surface area contributed by atoms with E-state index in [9.17, 15) is 4.79 Å². The lowest BCUT2D eigenvalue weighted by Gasteiger charge is -1.99. The van der Waals surface area contributed by atoms with E-state index in [1.165, 1.54) is 40.4 Å². The monoisotopic (exact) mass is 482 g/mol. The molecule has 150 valence electrons. The van der Waals surface area contributed by atoms with Crippen molar-refractivity contribution < 1.29 is 4.79 Å². The van der Waals surface area contributed by atoms with Crippen LogP contribution in [0.15, 0.2) is 56.2 Å². The van der Waals surface area contributed by atoms with Gasteiger partial charge in [-0.05, 0) is 30.2 Å². The Morgan fingerprint density at radius 2 is 1.83 bits per heavy atom. The number of carbonyl (C=O) groups excluding carboxylic acids is 1. The molecule has 3 aromatic rings. The minimum Gasteiger partial charge on any atom is -0.272 e. The fraction of sp³-hybridized carbons (Fsp3) is 0.158. The number of amides is 1. The molecule has 0 spiro atoms. The normalized spacial score (nSPS) is 11.1. The van der Waals surface area contributed by atoms with Crippen LogP contribution in [-0.2, 0) is 10.5 Å². The number of nitrogens with one attached hydrogen (secondary N) is 1. The molecule has 5 nitrogen and oxygen atoms in total. The molecule has 0 aliphatic carbocycles. The van der Waals surface area contributed by atoms with Gasteiger partial charge in [0.2, 0.25) is 0 Å². The fourth-order valence-electron chi connectivity index (χ4n) is 2.07. The topological polar surface area (TPSA) is 67.2 Å². The van der Waals surface area contributed by atoms with Crippen LogP contribution in [0.4, 0.5) is 0 Å². The number of hydrogen-bond acceptors (Lipinski definition) is 7. The molecule has 3 rings (SSSR count). The standard InChI is InChI=1S/C19H16Cl2N4OS3/c1-12-2-4-13(5-3-12)10-27-18-24-25-19(29-18)28-11-17(26)23-22-9-14-6-7-15(20)16(21)8-14/h2-9H,10-11H2,1H3,(H,23,26)/b22-9+. The van der Waals surface area contributed by atoms with E-state index in [1.807, 2.05) is 0 Å². The van der Waals surface area contributed by atoms with Gasteiger partial charge in [0.1, 0.15) is 0 Å². The molecule has 1 heterocycles. The van der Waals surface area contributed by atoms with Crippen LogP contribution < -0.4 is 5.43 Å². The molecule has 29 heavy (non-hydrogen) atoms. The van der Waals surface area contributed by atoms with Gasteiger partial charge in [0.05, 0.1) is 22.0 Å². The molecule has 0 aliphatic rings. The second kappa shape index (κ2) is 11.0. The Morgan fingerprint density at radius 3 is 2.55 bits per heavy atom. The van der Waals surface area contributed by atoms with Crippen LogP contribution in [0.5, 0.6) is 0 Å². The lowest BCUT2D eigenvalue weighted by molar-refractivity contribution is -0.118. The summed E-state index contributed by atoms with van der Waals surface area (Å²) in [6, 6.07) is 13.5. The van der Waals surface area contributed by atoms with Gasteiger partial charge in [-0.25, -0.2) is 5.43 Å².